The Hall–Kier alpha value is -3.44. The molecule has 160 valence electrons. The summed E-state index contributed by atoms with van der Waals surface area (Å²) in [6, 6.07) is 20.0. The van der Waals surface area contributed by atoms with Crippen LogP contribution >= 0.6 is 0 Å². The lowest BCUT2D eigenvalue weighted by Gasteiger charge is -2.41. The third kappa shape index (κ3) is 2.88. The summed E-state index contributed by atoms with van der Waals surface area (Å²) in [5, 5.41) is 10.1. The number of nitrogens with zero attached hydrogens (tertiary/aromatic N) is 2. The number of aryl methyl sites for hydroxylation is 1. The number of aromatic nitrogens is 1. The minimum absolute atomic E-state index is 0.171. The molecule has 1 unspecified atom stereocenters. The number of carboxylic acid groups (broad SMARTS) is 1. The van der Waals surface area contributed by atoms with Crippen LogP contribution in [0.2, 0.25) is 0 Å². The Kier molecular flexibility index (Phi) is 4.40. The van der Waals surface area contributed by atoms with Gasteiger partial charge in [0.25, 0.3) is 0 Å². The SMILES string of the molecule is Cc1ccc(-c2ccccc2)c2c1[C@@H](N1CCCCC1C(=O)O)c1ccc3nc-2oc3c1. The highest BCUT2D eigenvalue weighted by atomic mass is 16.4. The first-order valence-corrected chi connectivity index (χ1v) is 11.2. The summed E-state index contributed by atoms with van der Waals surface area (Å²) >= 11 is 0. The van der Waals surface area contributed by atoms with Crippen LogP contribution in [-0.4, -0.2) is 33.5 Å². The zero-order valence-electron chi connectivity index (χ0n) is 17.9. The zero-order chi connectivity index (χ0) is 21.8. The summed E-state index contributed by atoms with van der Waals surface area (Å²) in [7, 11) is 0. The van der Waals surface area contributed by atoms with Crippen molar-refractivity contribution in [1.29, 1.82) is 0 Å². The Balaban J connectivity index is 1.68. The molecule has 5 nitrogen and oxygen atoms in total. The van der Waals surface area contributed by atoms with Gasteiger partial charge in [-0.1, -0.05) is 55.0 Å². The first kappa shape index (κ1) is 19.3. The number of oxazole rings is 1. The van der Waals surface area contributed by atoms with Crippen molar-refractivity contribution >= 4 is 17.1 Å². The Labute approximate surface area is 186 Å². The first-order valence-electron chi connectivity index (χ1n) is 11.2. The molecule has 6 rings (SSSR count). The van der Waals surface area contributed by atoms with Crippen molar-refractivity contribution in [3.8, 4) is 22.6 Å². The molecule has 3 bridgehead atoms. The second-order valence-corrected chi connectivity index (χ2v) is 8.82. The van der Waals surface area contributed by atoms with Crippen LogP contribution in [0.5, 0.6) is 0 Å². The molecule has 1 saturated heterocycles. The van der Waals surface area contributed by atoms with Gasteiger partial charge in [0, 0.05) is 0 Å². The molecule has 3 aromatic carbocycles. The van der Waals surface area contributed by atoms with Crippen LogP contribution in [0.3, 0.4) is 0 Å². The van der Waals surface area contributed by atoms with Gasteiger partial charge in [0.05, 0.1) is 11.6 Å². The van der Waals surface area contributed by atoms with Gasteiger partial charge in [0.1, 0.15) is 11.6 Å². The fourth-order valence-corrected chi connectivity index (χ4v) is 5.44. The molecule has 0 saturated carbocycles. The summed E-state index contributed by atoms with van der Waals surface area (Å²) in [6.45, 7) is 2.85. The number of hydrogen-bond donors (Lipinski definition) is 1. The molecule has 3 heterocycles. The van der Waals surface area contributed by atoms with Gasteiger partial charge >= 0.3 is 5.97 Å². The molecule has 0 spiro atoms. The minimum atomic E-state index is -0.748. The summed E-state index contributed by atoms with van der Waals surface area (Å²) in [5.41, 5.74) is 7.96. The third-order valence-corrected chi connectivity index (χ3v) is 6.92. The quantitative estimate of drug-likeness (QED) is 0.449. The molecule has 2 aliphatic rings. The van der Waals surface area contributed by atoms with Crippen molar-refractivity contribution in [2.75, 3.05) is 6.54 Å². The van der Waals surface area contributed by atoms with Crippen molar-refractivity contribution in [3.63, 3.8) is 0 Å². The average molecular weight is 425 g/mol. The second-order valence-electron chi connectivity index (χ2n) is 8.82. The van der Waals surface area contributed by atoms with E-state index in [2.05, 4.69) is 42.2 Å². The van der Waals surface area contributed by atoms with Gasteiger partial charge in [-0.25, -0.2) is 4.98 Å². The molecular weight excluding hydrogens is 400 g/mol. The molecule has 0 radical (unpaired) electrons. The van der Waals surface area contributed by atoms with Crippen molar-refractivity contribution in [2.24, 2.45) is 0 Å². The zero-order valence-corrected chi connectivity index (χ0v) is 17.9. The molecule has 32 heavy (non-hydrogen) atoms. The van der Waals surface area contributed by atoms with Crippen LogP contribution in [0.4, 0.5) is 0 Å². The average Bonchev–Trinajstić information content (AvgIpc) is 3.26. The number of carbonyl (C=O) groups is 1. The lowest BCUT2D eigenvalue weighted by Crippen LogP contribution is -2.47. The number of hydrogen-bond acceptors (Lipinski definition) is 4. The monoisotopic (exact) mass is 424 g/mol. The molecule has 4 aromatic rings. The first-order chi connectivity index (χ1) is 15.6. The second kappa shape index (κ2) is 7.31. The maximum absolute atomic E-state index is 12.3. The van der Waals surface area contributed by atoms with E-state index in [0.29, 0.717) is 12.3 Å². The number of aliphatic carboxylic acids is 1. The van der Waals surface area contributed by atoms with Crippen molar-refractivity contribution in [2.45, 2.75) is 38.3 Å². The predicted octanol–water partition coefficient (Wildman–Crippen LogP) is 5.81. The maximum atomic E-state index is 12.3. The summed E-state index contributed by atoms with van der Waals surface area (Å²) in [5.74, 6) is -0.148. The van der Waals surface area contributed by atoms with Gasteiger partial charge in [-0.05, 0) is 66.3 Å². The van der Waals surface area contributed by atoms with Crippen molar-refractivity contribution in [3.05, 3.63) is 77.4 Å². The van der Waals surface area contributed by atoms with E-state index in [0.717, 1.165) is 63.9 Å². The van der Waals surface area contributed by atoms with Gasteiger partial charge < -0.3 is 9.52 Å². The minimum Gasteiger partial charge on any atom is -0.480 e. The number of piperidine rings is 1. The standard InChI is InChI=1S/C27H24N2O3/c1-16-10-12-19(17-7-3-2-4-8-17)24-23(16)25(29-14-6-5-9-21(29)27(30)31)18-11-13-20-22(15-18)32-26(24)28-20/h2-4,7-8,10-13,15,21,25H,5-6,9,14H2,1H3,(H,30,31)/t21?,25-/m0/s1. The van der Waals surface area contributed by atoms with Gasteiger partial charge in [-0.15, -0.1) is 0 Å². The fourth-order valence-electron chi connectivity index (χ4n) is 5.44. The van der Waals surface area contributed by atoms with E-state index in [1.807, 2.05) is 30.3 Å². The molecule has 1 aromatic heterocycles. The molecule has 1 fully saturated rings. The van der Waals surface area contributed by atoms with Crippen LogP contribution < -0.4 is 0 Å². The Morgan fingerprint density at radius 1 is 1.09 bits per heavy atom. The highest BCUT2D eigenvalue weighted by molar-refractivity contribution is 5.88. The topological polar surface area (TPSA) is 66.6 Å². The highest BCUT2D eigenvalue weighted by Gasteiger charge is 2.39. The van der Waals surface area contributed by atoms with E-state index in [1.54, 1.807) is 0 Å². The van der Waals surface area contributed by atoms with E-state index in [9.17, 15) is 9.90 Å². The van der Waals surface area contributed by atoms with Crippen molar-refractivity contribution in [1.82, 2.24) is 9.88 Å². The maximum Gasteiger partial charge on any atom is 0.320 e. The van der Waals surface area contributed by atoms with Crippen LogP contribution in [0.15, 0.2) is 65.1 Å². The largest absolute Gasteiger partial charge is 0.480 e. The van der Waals surface area contributed by atoms with Crippen LogP contribution in [0, 0.1) is 6.92 Å². The van der Waals surface area contributed by atoms with Crippen LogP contribution in [0.25, 0.3) is 33.7 Å². The number of carboxylic acids is 1. The fraction of sp³-hybridized carbons (Fsp3) is 0.259. The smallest absolute Gasteiger partial charge is 0.320 e. The van der Waals surface area contributed by atoms with Gasteiger partial charge in [0.2, 0.25) is 5.89 Å². The van der Waals surface area contributed by atoms with Gasteiger partial charge in [0.15, 0.2) is 5.58 Å². The Morgan fingerprint density at radius 3 is 2.75 bits per heavy atom. The summed E-state index contributed by atoms with van der Waals surface area (Å²) in [6.07, 6.45) is 2.60. The Morgan fingerprint density at radius 2 is 1.94 bits per heavy atom. The van der Waals surface area contributed by atoms with E-state index < -0.39 is 12.0 Å². The highest BCUT2D eigenvalue weighted by Crippen LogP contribution is 2.47. The normalized spacial score (nSPS) is 20.3. The third-order valence-electron chi connectivity index (χ3n) is 6.92. The van der Waals surface area contributed by atoms with Crippen molar-refractivity contribution < 1.29 is 14.3 Å². The Bertz CT molecular complexity index is 1340. The van der Waals surface area contributed by atoms with Gasteiger partial charge in [-0.3, -0.25) is 9.69 Å². The molecule has 5 heteroatoms. The molecule has 1 N–H and O–H groups in total. The van der Waals surface area contributed by atoms with E-state index in [1.165, 1.54) is 0 Å². The van der Waals surface area contributed by atoms with E-state index in [-0.39, 0.29) is 6.04 Å². The van der Waals surface area contributed by atoms with Crippen LogP contribution in [0.1, 0.15) is 42.0 Å². The molecule has 2 aliphatic heterocycles. The number of benzene rings is 3. The number of fused-ring (bicyclic) bond motifs is 4. The molecule has 2 atom stereocenters. The lowest BCUT2D eigenvalue weighted by molar-refractivity contribution is -0.145. The van der Waals surface area contributed by atoms with Gasteiger partial charge in [-0.2, -0.15) is 0 Å². The molecule has 0 aliphatic carbocycles. The molecule has 0 amide bonds. The summed E-state index contributed by atoms with van der Waals surface area (Å²) < 4.78 is 6.26. The van der Waals surface area contributed by atoms with E-state index in [4.69, 9.17) is 9.40 Å². The summed E-state index contributed by atoms with van der Waals surface area (Å²) in [4.78, 5) is 19.3. The number of rotatable bonds is 3. The molecular formula is C27H24N2O3. The predicted molar refractivity (Wildman–Crippen MR) is 123 cm³/mol. The number of likely N-dealkylation sites (tertiary alicyclic amines) is 1. The van der Waals surface area contributed by atoms with Crippen LogP contribution in [-0.2, 0) is 4.79 Å². The lowest BCUT2D eigenvalue weighted by atomic mass is 9.83. The van der Waals surface area contributed by atoms with E-state index >= 15 is 0 Å².